The van der Waals surface area contributed by atoms with Crippen molar-refractivity contribution in [2.75, 3.05) is 18.5 Å². The summed E-state index contributed by atoms with van der Waals surface area (Å²) >= 11 is 0. The first kappa shape index (κ1) is 11.5. The Morgan fingerprint density at radius 2 is 2.40 bits per heavy atom. The van der Waals surface area contributed by atoms with E-state index in [0.29, 0.717) is 13.0 Å². The number of carboxylic acid groups (broad SMARTS) is 1. The van der Waals surface area contributed by atoms with Crippen LogP contribution in [0.15, 0.2) is 24.4 Å². The lowest BCUT2D eigenvalue weighted by Gasteiger charge is -2.18. The predicted octanol–water partition coefficient (Wildman–Crippen LogP) is 0.320. The summed E-state index contributed by atoms with van der Waals surface area (Å²) in [6, 6.07) is 4.78. The fourth-order valence-electron chi connectivity index (χ4n) is 1.15. The Kier molecular flexibility index (Phi) is 4.05. The highest BCUT2D eigenvalue weighted by molar-refractivity contribution is 5.73. The average molecular weight is 209 g/mol. The number of hydrogen-bond acceptors (Lipinski definition) is 4. The maximum absolute atomic E-state index is 10.5. The molecule has 5 heteroatoms. The van der Waals surface area contributed by atoms with E-state index in [-0.39, 0.29) is 0 Å². The molecule has 0 aliphatic carbocycles. The van der Waals surface area contributed by atoms with Gasteiger partial charge >= 0.3 is 5.97 Å². The lowest BCUT2D eigenvalue weighted by atomic mass is 10.2. The van der Waals surface area contributed by atoms with E-state index < -0.39 is 12.0 Å². The van der Waals surface area contributed by atoms with E-state index in [1.54, 1.807) is 6.20 Å². The topological polar surface area (TPSA) is 79.5 Å². The van der Waals surface area contributed by atoms with Gasteiger partial charge in [0.25, 0.3) is 0 Å². The summed E-state index contributed by atoms with van der Waals surface area (Å²) in [6.07, 6.45) is 2.10. The lowest BCUT2D eigenvalue weighted by molar-refractivity contribution is -0.138. The van der Waals surface area contributed by atoms with Gasteiger partial charge in [0.1, 0.15) is 11.9 Å². The van der Waals surface area contributed by atoms with Crippen molar-refractivity contribution in [1.82, 2.24) is 4.98 Å². The Morgan fingerprint density at radius 1 is 1.67 bits per heavy atom. The number of nitrogens with two attached hydrogens (primary N) is 1. The molecular formula is C10H15N3O2. The normalized spacial score (nSPS) is 12.1. The largest absolute Gasteiger partial charge is 0.480 e. The van der Waals surface area contributed by atoms with E-state index in [1.807, 2.05) is 30.1 Å². The van der Waals surface area contributed by atoms with Crippen LogP contribution in [0.4, 0.5) is 5.82 Å². The summed E-state index contributed by atoms with van der Waals surface area (Å²) in [6.45, 7) is 0.574. The van der Waals surface area contributed by atoms with Gasteiger partial charge in [-0.1, -0.05) is 6.07 Å². The summed E-state index contributed by atoms with van der Waals surface area (Å²) in [4.78, 5) is 16.5. The first-order valence-corrected chi connectivity index (χ1v) is 4.72. The third-order valence-electron chi connectivity index (χ3n) is 2.13. The number of aromatic nitrogens is 1. The molecule has 1 aromatic rings. The molecule has 82 valence electrons. The van der Waals surface area contributed by atoms with Gasteiger partial charge in [0, 0.05) is 19.8 Å². The van der Waals surface area contributed by atoms with E-state index in [0.717, 1.165) is 5.82 Å². The smallest absolute Gasteiger partial charge is 0.320 e. The van der Waals surface area contributed by atoms with Crippen molar-refractivity contribution in [2.24, 2.45) is 5.73 Å². The molecular weight excluding hydrogens is 194 g/mol. The highest BCUT2D eigenvalue weighted by atomic mass is 16.4. The van der Waals surface area contributed by atoms with Gasteiger partial charge in [-0.3, -0.25) is 4.79 Å². The fraction of sp³-hybridized carbons (Fsp3) is 0.400. The van der Waals surface area contributed by atoms with Gasteiger partial charge in [0.2, 0.25) is 0 Å². The van der Waals surface area contributed by atoms with Crippen LogP contribution in [0.25, 0.3) is 0 Å². The summed E-state index contributed by atoms with van der Waals surface area (Å²) in [7, 11) is 1.86. The average Bonchev–Trinajstić information content (AvgIpc) is 2.26. The van der Waals surface area contributed by atoms with E-state index in [4.69, 9.17) is 10.8 Å². The molecule has 3 N–H and O–H groups in total. The van der Waals surface area contributed by atoms with E-state index in [2.05, 4.69) is 4.98 Å². The lowest BCUT2D eigenvalue weighted by Crippen LogP contribution is -2.34. The van der Waals surface area contributed by atoms with Gasteiger partial charge in [-0.2, -0.15) is 0 Å². The molecule has 1 aromatic heterocycles. The van der Waals surface area contributed by atoms with Crippen LogP contribution >= 0.6 is 0 Å². The standard InChI is InChI=1S/C10H15N3O2/c1-13(7-5-8(11)10(14)15)9-4-2-3-6-12-9/h2-4,6,8H,5,7,11H2,1H3,(H,14,15). The molecule has 0 spiro atoms. The van der Waals surface area contributed by atoms with Gasteiger partial charge in [0.15, 0.2) is 0 Å². The van der Waals surface area contributed by atoms with Crippen LogP contribution in [0, 0.1) is 0 Å². The zero-order chi connectivity index (χ0) is 11.3. The number of pyridine rings is 1. The highest BCUT2D eigenvalue weighted by Crippen LogP contribution is 2.07. The Labute approximate surface area is 88.5 Å². The molecule has 0 fully saturated rings. The van der Waals surface area contributed by atoms with Crippen molar-refractivity contribution in [3.8, 4) is 0 Å². The summed E-state index contributed by atoms with van der Waals surface area (Å²) in [5, 5.41) is 8.61. The second-order valence-electron chi connectivity index (χ2n) is 3.34. The number of aliphatic carboxylic acids is 1. The first-order valence-electron chi connectivity index (χ1n) is 4.72. The van der Waals surface area contributed by atoms with Crippen LogP contribution < -0.4 is 10.6 Å². The Bertz CT molecular complexity index is 316. The minimum absolute atomic E-state index is 0.405. The van der Waals surface area contributed by atoms with Gasteiger partial charge in [0.05, 0.1) is 0 Å². The molecule has 0 saturated heterocycles. The highest BCUT2D eigenvalue weighted by Gasteiger charge is 2.12. The molecule has 0 bridgehead atoms. The van der Waals surface area contributed by atoms with Crippen LogP contribution in [-0.4, -0.2) is 35.7 Å². The number of rotatable bonds is 5. The Hall–Kier alpha value is -1.62. The quantitative estimate of drug-likeness (QED) is 0.730. The zero-order valence-electron chi connectivity index (χ0n) is 8.63. The van der Waals surface area contributed by atoms with Gasteiger partial charge in [-0.05, 0) is 18.6 Å². The fourth-order valence-corrected chi connectivity index (χ4v) is 1.15. The minimum Gasteiger partial charge on any atom is -0.480 e. The second kappa shape index (κ2) is 5.31. The molecule has 0 saturated carbocycles. The van der Waals surface area contributed by atoms with Crippen molar-refractivity contribution in [1.29, 1.82) is 0 Å². The van der Waals surface area contributed by atoms with E-state index >= 15 is 0 Å². The molecule has 0 amide bonds. The Morgan fingerprint density at radius 3 is 2.93 bits per heavy atom. The number of carboxylic acids is 1. The summed E-state index contributed by atoms with van der Waals surface area (Å²) < 4.78 is 0. The van der Waals surface area contributed by atoms with Gasteiger partial charge < -0.3 is 15.7 Å². The maximum Gasteiger partial charge on any atom is 0.320 e. The SMILES string of the molecule is CN(CCC(N)C(=O)O)c1ccccn1. The molecule has 0 radical (unpaired) electrons. The summed E-state index contributed by atoms with van der Waals surface area (Å²) in [5.41, 5.74) is 5.40. The molecule has 0 aliphatic rings. The van der Waals surface area contributed by atoms with Crippen molar-refractivity contribution < 1.29 is 9.90 Å². The molecule has 5 nitrogen and oxygen atoms in total. The monoisotopic (exact) mass is 209 g/mol. The molecule has 0 aromatic carbocycles. The molecule has 1 atom stereocenters. The van der Waals surface area contributed by atoms with Crippen molar-refractivity contribution >= 4 is 11.8 Å². The third kappa shape index (κ3) is 3.55. The molecule has 1 heterocycles. The van der Waals surface area contributed by atoms with E-state index in [1.165, 1.54) is 0 Å². The van der Waals surface area contributed by atoms with Crippen molar-refractivity contribution in [2.45, 2.75) is 12.5 Å². The van der Waals surface area contributed by atoms with Gasteiger partial charge in [-0.15, -0.1) is 0 Å². The zero-order valence-corrected chi connectivity index (χ0v) is 8.63. The first-order chi connectivity index (χ1) is 7.11. The number of nitrogens with zero attached hydrogens (tertiary/aromatic N) is 2. The number of anilines is 1. The number of carbonyl (C=O) groups is 1. The molecule has 1 rings (SSSR count). The van der Waals surface area contributed by atoms with Crippen LogP contribution in [0.1, 0.15) is 6.42 Å². The Balaban J connectivity index is 2.43. The minimum atomic E-state index is -0.968. The van der Waals surface area contributed by atoms with Gasteiger partial charge in [-0.25, -0.2) is 4.98 Å². The number of hydrogen-bond donors (Lipinski definition) is 2. The molecule has 15 heavy (non-hydrogen) atoms. The third-order valence-corrected chi connectivity index (χ3v) is 2.13. The summed E-state index contributed by atoms with van der Waals surface area (Å²) in [5.74, 6) is -0.153. The van der Waals surface area contributed by atoms with E-state index in [9.17, 15) is 4.79 Å². The predicted molar refractivity (Wildman–Crippen MR) is 57.7 cm³/mol. The van der Waals surface area contributed by atoms with Crippen molar-refractivity contribution in [3.05, 3.63) is 24.4 Å². The second-order valence-corrected chi connectivity index (χ2v) is 3.34. The molecule has 0 aliphatic heterocycles. The molecule has 1 unspecified atom stereocenters. The van der Waals surface area contributed by atoms with Crippen LogP contribution in [-0.2, 0) is 4.79 Å². The van der Waals surface area contributed by atoms with Crippen LogP contribution in [0.5, 0.6) is 0 Å². The maximum atomic E-state index is 10.5. The van der Waals surface area contributed by atoms with Crippen molar-refractivity contribution in [3.63, 3.8) is 0 Å². The van der Waals surface area contributed by atoms with Crippen LogP contribution in [0.2, 0.25) is 0 Å². The van der Waals surface area contributed by atoms with Crippen LogP contribution in [0.3, 0.4) is 0 Å².